The first-order chi connectivity index (χ1) is 9.16. The number of nitrogens with one attached hydrogen (secondary N) is 1. The molecule has 0 aromatic carbocycles. The Morgan fingerprint density at radius 3 is 2.26 bits per heavy atom. The van der Waals surface area contributed by atoms with Gasteiger partial charge in [-0.3, -0.25) is 10.1 Å². The Morgan fingerprint density at radius 1 is 1.11 bits per heavy atom. The van der Waals surface area contributed by atoms with Gasteiger partial charge in [-0.2, -0.15) is 0 Å². The molecule has 1 N–H and O–H groups in total. The molecule has 2 aliphatic rings. The van der Waals surface area contributed by atoms with Gasteiger partial charge in [0.2, 0.25) is 0 Å². The van der Waals surface area contributed by atoms with Crippen molar-refractivity contribution in [2.75, 3.05) is 6.61 Å². The molecule has 0 amide bonds. The maximum absolute atomic E-state index is 12.5. The summed E-state index contributed by atoms with van der Waals surface area (Å²) in [6.45, 7) is 4.46. The topological polar surface area (TPSA) is 38.3 Å². The highest BCUT2D eigenvalue weighted by atomic mass is 16.5. The third kappa shape index (κ3) is 3.50. The van der Waals surface area contributed by atoms with Gasteiger partial charge in [0, 0.05) is 6.04 Å². The van der Waals surface area contributed by atoms with Crippen molar-refractivity contribution in [2.24, 2.45) is 5.92 Å². The van der Waals surface area contributed by atoms with Crippen LogP contribution in [0.2, 0.25) is 0 Å². The normalized spacial score (nSPS) is 25.2. The third-order valence-electron chi connectivity index (χ3n) is 4.98. The molecule has 19 heavy (non-hydrogen) atoms. The highest BCUT2D eigenvalue weighted by Crippen LogP contribution is 2.35. The Morgan fingerprint density at radius 2 is 1.68 bits per heavy atom. The molecule has 3 heteroatoms. The Bertz CT molecular complexity index is 293. The fourth-order valence-corrected chi connectivity index (χ4v) is 3.80. The molecule has 1 unspecified atom stereocenters. The molecule has 110 valence electrons. The molecule has 3 nitrogen and oxygen atoms in total. The van der Waals surface area contributed by atoms with E-state index in [1.807, 2.05) is 6.92 Å². The summed E-state index contributed by atoms with van der Waals surface area (Å²) in [5.41, 5.74) is -0.467. The van der Waals surface area contributed by atoms with Crippen molar-refractivity contribution in [3.63, 3.8) is 0 Å². The van der Waals surface area contributed by atoms with Gasteiger partial charge in [0.05, 0.1) is 6.61 Å². The second kappa shape index (κ2) is 6.74. The van der Waals surface area contributed by atoms with Crippen LogP contribution in [0.15, 0.2) is 0 Å². The summed E-state index contributed by atoms with van der Waals surface area (Å²) in [4.78, 5) is 12.5. The summed E-state index contributed by atoms with van der Waals surface area (Å²) < 4.78 is 5.37. The molecule has 0 bridgehead atoms. The largest absolute Gasteiger partial charge is 0.465 e. The van der Waals surface area contributed by atoms with E-state index in [0.29, 0.717) is 18.6 Å². The van der Waals surface area contributed by atoms with E-state index in [-0.39, 0.29) is 5.97 Å². The number of hydrogen-bond acceptors (Lipinski definition) is 3. The third-order valence-corrected chi connectivity index (χ3v) is 4.98. The first kappa shape index (κ1) is 14.8. The number of esters is 1. The van der Waals surface area contributed by atoms with Crippen LogP contribution in [0.25, 0.3) is 0 Å². The zero-order chi connectivity index (χ0) is 13.7. The SMILES string of the molecule is CCOC(=O)C(C)(NC1CCCC1)C1CCCCC1. The van der Waals surface area contributed by atoms with Crippen LogP contribution < -0.4 is 5.32 Å². The van der Waals surface area contributed by atoms with Gasteiger partial charge in [-0.15, -0.1) is 0 Å². The van der Waals surface area contributed by atoms with E-state index >= 15 is 0 Å². The molecule has 2 aliphatic carbocycles. The standard InChI is InChI=1S/C16H29NO2/c1-3-19-15(18)16(2,13-9-5-4-6-10-13)17-14-11-7-8-12-14/h13-14,17H,3-12H2,1-2H3. The van der Waals surface area contributed by atoms with Crippen LogP contribution in [0.5, 0.6) is 0 Å². The van der Waals surface area contributed by atoms with Gasteiger partial charge >= 0.3 is 5.97 Å². The Hall–Kier alpha value is -0.570. The second-order valence-corrected chi connectivity index (χ2v) is 6.38. The molecular weight excluding hydrogens is 238 g/mol. The quantitative estimate of drug-likeness (QED) is 0.776. The van der Waals surface area contributed by atoms with E-state index in [9.17, 15) is 4.79 Å². The van der Waals surface area contributed by atoms with Crippen molar-refractivity contribution >= 4 is 5.97 Å². The lowest BCUT2D eigenvalue weighted by molar-refractivity contribution is -0.154. The van der Waals surface area contributed by atoms with Crippen molar-refractivity contribution in [2.45, 2.75) is 83.2 Å². The predicted molar refractivity (Wildman–Crippen MR) is 77.0 cm³/mol. The van der Waals surface area contributed by atoms with Crippen LogP contribution in [0.1, 0.15) is 71.6 Å². The summed E-state index contributed by atoms with van der Waals surface area (Å²) in [6.07, 6.45) is 11.2. The monoisotopic (exact) mass is 267 g/mol. The molecule has 0 aromatic rings. The van der Waals surface area contributed by atoms with E-state index in [4.69, 9.17) is 4.74 Å². The Labute approximate surface area is 117 Å². The van der Waals surface area contributed by atoms with Gasteiger partial charge in [-0.25, -0.2) is 0 Å². The van der Waals surface area contributed by atoms with Gasteiger partial charge < -0.3 is 4.74 Å². The molecule has 0 aliphatic heterocycles. The van der Waals surface area contributed by atoms with Crippen molar-refractivity contribution < 1.29 is 9.53 Å². The molecule has 0 radical (unpaired) electrons. The molecule has 0 saturated heterocycles. The number of carbonyl (C=O) groups excluding carboxylic acids is 1. The van der Waals surface area contributed by atoms with Gasteiger partial charge in [0.15, 0.2) is 0 Å². The van der Waals surface area contributed by atoms with Crippen LogP contribution in [0.3, 0.4) is 0 Å². The van der Waals surface area contributed by atoms with Crippen molar-refractivity contribution in [1.82, 2.24) is 5.32 Å². The van der Waals surface area contributed by atoms with Crippen molar-refractivity contribution in [3.8, 4) is 0 Å². The summed E-state index contributed by atoms with van der Waals surface area (Å²) in [7, 11) is 0. The zero-order valence-electron chi connectivity index (χ0n) is 12.5. The number of hydrogen-bond donors (Lipinski definition) is 1. The predicted octanol–water partition coefficient (Wildman–Crippen LogP) is 3.42. The summed E-state index contributed by atoms with van der Waals surface area (Å²) in [5.74, 6) is 0.412. The van der Waals surface area contributed by atoms with Crippen LogP contribution in [0.4, 0.5) is 0 Å². The lowest BCUT2D eigenvalue weighted by atomic mass is 9.75. The lowest BCUT2D eigenvalue weighted by Gasteiger charge is -2.40. The minimum absolute atomic E-state index is 0.0335. The first-order valence-electron chi connectivity index (χ1n) is 8.11. The summed E-state index contributed by atoms with van der Waals surface area (Å²) in [6, 6.07) is 0.510. The van der Waals surface area contributed by atoms with E-state index < -0.39 is 5.54 Å². The second-order valence-electron chi connectivity index (χ2n) is 6.38. The van der Waals surface area contributed by atoms with E-state index in [2.05, 4.69) is 12.2 Å². The Balaban J connectivity index is 2.07. The fourth-order valence-electron chi connectivity index (χ4n) is 3.80. The number of rotatable bonds is 5. The van der Waals surface area contributed by atoms with Gasteiger partial charge in [0.1, 0.15) is 5.54 Å². The molecule has 0 spiro atoms. The van der Waals surface area contributed by atoms with E-state index in [0.717, 1.165) is 12.8 Å². The van der Waals surface area contributed by atoms with Gasteiger partial charge in [-0.05, 0) is 45.4 Å². The van der Waals surface area contributed by atoms with Gasteiger partial charge in [-0.1, -0.05) is 32.1 Å². The number of ether oxygens (including phenoxy) is 1. The van der Waals surface area contributed by atoms with Crippen LogP contribution in [-0.4, -0.2) is 24.2 Å². The maximum Gasteiger partial charge on any atom is 0.326 e. The lowest BCUT2D eigenvalue weighted by Crippen LogP contribution is -2.59. The smallest absolute Gasteiger partial charge is 0.326 e. The maximum atomic E-state index is 12.5. The fraction of sp³-hybridized carbons (Fsp3) is 0.938. The molecule has 1 atom stereocenters. The van der Waals surface area contributed by atoms with E-state index in [1.165, 1.54) is 44.9 Å². The van der Waals surface area contributed by atoms with Crippen molar-refractivity contribution in [1.29, 1.82) is 0 Å². The minimum atomic E-state index is -0.467. The van der Waals surface area contributed by atoms with Gasteiger partial charge in [0.25, 0.3) is 0 Å². The summed E-state index contributed by atoms with van der Waals surface area (Å²) >= 11 is 0. The molecule has 0 aromatic heterocycles. The average Bonchev–Trinajstić information content (AvgIpc) is 2.92. The highest BCUT2D eigenvalue weighted by molar-refractivity contribution is 5.81. The minimum Gasteiger partial charge on any atom is -0.465 e. The molecular formula is C16H29NO2. The Kier molecular flexibility index (Phi) is 5.26. The van der Waals surface area contributed by atoms with Crippen molar-refractivity contribution in [3.05, 3.63) is 0 Å². The number of carbonyl (C=O) groups is 1. The molecule has 2 saturated carbocycles. The molecule has 0 heterocycles. The zero-order valence-corrected chi connectivity index (χ0v) is 12.5. The van der Waals surface area contributed by atoms with Crippen LogP contribution >= 0.6 is 0 Å². The summed E-state index contributed by atoms with van der Waals surface area (Å²) in [5, 5.41) is 3.67. The van der Waals surface area contributed by atoms with Crippen LogP contribution in [-0.2, 0) is 9.53 Å². The molecule has 2 fully saturated rings. The average molecular weight is 267 g/mol. The highest BCUT2D eigenvalue weighted by Gasteiger charge is 2.44. The van der Waals surface area contributed by atoms with Crippen LogP contribution in [0, 0.1) is 5.92 Å². The molecule has 2 rings (SSSR count). The first-order valence-corrected chi connectivity index (χ1v) is 8.11. The van der Waals surface area contributed by atoms with E-state index in [1.54, 1.807) is 0 Å².